The van der Waals surface area contributed by atoms with E-state index in [9.17, 15) is 9.18 Å². The monoisotopic (exact) mass is 269 g/mol. The number of benzene rings is 2. The number of hydrogen-bond donors (Lipinski definition) is 0. The summed E-state index contributed by atoms with van der Waals surface area (Å²) < 4.78 is 14.2. The summed E-state index contributed by atoms with van der Waals surface area (Å²) >= 11 is 0. The molecule has 2 aromatic rings. The third kappa shape index (κ3) is 2.20. The first kappa shape index (κ1) is 12.9. The van der Waals surface area contributed by atoms with Gasteiger partial charge in [0.25, 0.3) is 0 Å². The van der Waals surface area contributed by atoms with Gasteiger partial charge in [-0.2, -0.15) is 0 Å². The number of carbonyl (C=O) groups excluding carboxylic acids is 1. The van der Waals surface area contributed by atoms with Crippen molar-refractivity contribution in [2.45, 2.75) is 19.8 Å². The van der Waals surface area contributed by atoms with Crippen LogP contribution < -0.4 is 4.90 Å². The van der Waals surface area contributed by atoms with Crippen LogP contribution in [0.5, 0.6) is 0 Å². The number of anilines is 2. The lowest BCUT2D eigenvalue weighted by Crippen LogP contribution is -2.25. The van der Waals surface area contributed by atoms with Crippen molar-refractivity contribution in [3.05, 3.63) is 58.9 Å². The first-order valence-corrected chi connectivity index (χ1v) is 6.81. The number of carbonyl (C=O) groups is 1. The highest BCUT2D eigenvalue weighted by Gasteiger charge is 2.20. The predicted molar refractivity (Wildman–Crippen MR) is 78.3 cm³/mol. The van der Waals surface area contributed by atoms with Crippen LogP contribution in [0.15, 0.2) is 36.4 Å². The molecule has 0 aliphatic carbocycles. The van der Waals surface area contributed by atoms with E-state index in [-0.39, 0.29) is 5.82 Å². The van der Waals surface area contributed by atoms with E-state index in [4.69, 9.17) is 0 Å². The second-order valence-corrected chi connectivity index (χ2v) is 5.22. The van der Waals surface area contributed by atoms with Crippen LogP contribution in [0.25, 0.3) is 0 Å². The molecule has 2 nitrogen and oxygen atoms in total. The van der Waals surface area contributed by atoms with Crippen LogP contribution in [-0.4, -0.2) is 12.8 Å². The molecule has 0 amide bonds. The fourth-order valence-electron chi connectivity index (χ4n) is 2.79. The van der Waals surface area contributed by atoms with Gasteiger partial charge < -0.3 is 4.90 Å². The van der Waals surface area contributed by atoms with Crippen molar-refractivity contribution >= 4 is 17.7 Å². The number of halogens is 1. The molecule has 0 aromatic heterocycles. The Morgan fingerprint density at radius 3 is 2.70 bits per heavy atom. The van der Waals surface area contributed by atoms with Crippen LogP contribution in [0.1, 0.15) is 27.9 Å². The highest BCUT2D eigenvalue weighted by Crippen LogP contribution is 2.35. The van der Waals surface area contributed by atoms with Crippen LogP contribution in [0.2, 0.25) is 0 Å². The number of nitrogens with zero attached hydrogens (tertiary/aromatic N) is 1. The summed E-state index contributed by atoms with van der Waals surface area (Å²) in [5, 5.41) is 0. The minimum absolute atomic E-state index is 0.344. The molecule has 3 heteroatoms. The lowest BCUT2D eigenvalue weighted by atomic mass is 9.99. The van der Waals surface area contributed by atoms with Gasteiger partial charge in [0.15, 0.2) is 0 Å². The van der Waals surface area contributed by atoms with Gasteiger partial charge in [0.05, 0.1) is 5.69 Å². The predicted octanol–water partition coefficient (Wildman–Crippen LogP) is 4.03. The molecule has 0 saturated carbocycles. The summed E-state index contributed by atoms with van der Waals surface area (Å²) in [4.78, 5) is 12.7. The summed E-state index contributed by atoms with van der Waals surface area (Å²) in [7, 11) is 0. The maximum absolute atomic E-state index is 14.2. The molecule has 3 rings (SSSR count). The van der Waals surface area contributed by atoms with Crippen LogP contribution in [0.4, 0.5) is 15.8 Å². The van der Waals surface area contributed by atoms with Gasteiger partial charge in [-0.3, -0.25) is 4.79 Å². The Morgan fingerprint density at radius 1 is 1.15 bits per heavy atom. The van der Waals surface area contributed by atoms with E-state index < -0.39 is 0 Å². The Labute approximate surface area is 117 Å². The van der Waals surface area contributed by atoms with Gasteiger partial charge in [0.2, 0.25) is 0 Å². The first-order valence-electron chi connectivity index (χ1n) is 6.81. The number of fused-ring (bicyclic) bond motifs is 1. The molecule has 0 fully saturated rings. The zero-order valence-corrected chi connectivity index (χ0v) is 11.4. The zero-order valence-electron chi connectivity index (χ0n) is 11.4. The van der Waals surface area contributed by atoms with E-state index in [1.807, 2.05) is 4.90 Å². The zero-order chi connectivity index (χ0) is 14.1. The molecule has 1 aliphatic heterocycles. The van der Waals surface area contributed by atoms with Crippen molar-refractivity contribution in [3.8, 4) is 0 Å². The van der Waals surface area contributed by atoms with Gasteiger partial charge in [-0.05, 0) is 49.6 Å². The van der Waals surface area contributed by atoms with Gasteiger partial charge in [-0.25, -0.2) is 4.39 Å². The number of aryl methyl sites for hydroxylation is 2. The molecule has 1 heterocycles. The Balaban J connectivity index is 2.06. The smallest absolute Gasteiger partial charge is 0.150 e. The van der Waals surface area contributed by atoms with Crippen LogP contribution >= 0.6 is 0 Å². The van der Waals surface area contributed by atoms with Crippen molar-refractivity contribution in [1.29, 1.82) is 0 Å². The quantitative estimate of drug-likeness (QED) is 0.767. The molecule has 102 valence electrons. The van der Waals surface area contributed by atoms with E-state index >= 15 is 0 Å². The summed E-state index contributed by atoms with van der Waals surface area (Å²) in [6.07, 6.45) is 2.70. The second kappa shape index (κ2) is 5.08. The highest BCUT2D eigenvalue weighted by molar-refractivity contribution is 5.77. The average molecular weight is 269 g/mol. The Morgan fingerprint density at radius 2 is 1.95 bits per heavy atom. The van der Waals surface area contributed by atoms with E-state index in [2.05, 4.69) is 25.1 Å². The van der Waals surface area contributed by atoms with Crippen LogP contribution in [-0.2, 0) is 6.42 Å². The second-order valence-electron chi connectivity index (χ2n) is 5.22. The van der Waals surface area contributed by atoms with Crippen LogP contribution in [0, 0.1) is 12.7 Å². The van der Waals surface area contributed by atoms with Gasteiger partial charge >= 0.3 is 0 Å². The summed E-state index contributed by atoms with van der Waals surface area (Å²) in [6, 6.07) is 10.9. The maximum atomic E-state index is 14.2. The molecule has 1 aliphatic rings. The lowest BCUT2D eigenvalue weighted by Gasteiger charge is -2.32. The van der Waals surface area contributed by atoms with Crippen LogP contribution in [0.3, 0.4) is 0 Å². The van der Waals surface area contributed by atoms with Crippen molar-refractivity contribution in [2.24, 2.45) is 0 Å². The molecule has 0 bridgehead atoms. The molecule has 0 unspecified atom stereocenters. The lowest BCUT2D eigenvalue weighted by molar-refractivity contribution is 0.112. The molecule has 0 atom stereocenters. The molecular weight excluding hydrogens is 253 g/mol. The summed E-state index contributed by atoms with van der Waals surface area (Å²) in [5.41, 5.74) is 4.46. The number of aldehydes is 1. The maximum Gasteiger partial charge on any atom is 0.150 e. The van der Waals surface area contributed by atoms with Gasteiger partial charge in [0, 0.05) is 17.8 Å². The Kier molecular flexibility index (Phi) is 3.26. The van der Waals surface area contributed by atoms with E-state index in [0.717, 1.165) is 25.1 Å². The van der Waals surface area contributed by atoms with Gasteiger partial charge in [-0.1, -0.05) is 17.7 Å². The van der Waals surface area contributed by atoms with Crippen molar-refractivity contribution in [3.63, 3.8) is 0 Å². The minimum atomic E-state index is -0.344. The third-order valence-electron chi connectivity index (χ3n) is 3.75. The largest absolute Gasteiger partial charge is 0.339 e. The summed E-state index contributed by atoms with van der Waals surface area (Å²) in [6.45, 7) is 2.87. The fourth-order valence-corrected chi connectivity index (χ4v) is 2.79. The molecule has 0 spiro atoms. The van der Waals surface area contributed by atoms with E-state index in [1.54, 1.807) is 12.1 Å². The van der Waals surface area contributed by atoms with Crippen molar-refractivity contribution in [1.82, 2.24) is 0 Å². The first-order chi connectivity index (χ1) is 9.69. The standard InChI is InChI=1S/C17H16FNO/c1-12-4-6-16-14(9-12)3-2-8-19(16)17-7-5-13(11-20)10-15(17)18/h4-7,9-11H,2-3,8H2,1H3. The van der Waals surface area contributed by atoms with E-state index in [1.165, 1.54) is 17.2 Å². The molecule has 2 aromatic carbocycles. The SMILES string of the molecule is Cc1ccc2c(c1)CCCN2c1ccc(C=O)cc1F. The highest BCUT2D eigenvalue weighted by atomic mass is 19.1. The van der Waals surface area contributed by atoms with Crippen molar-refractivity contribution in [2.75, 3.05) is 11.4 Å². The number of hydrogen-bond acceptors (Lipinski definition) is 2. The Hall–Kier alpha value is -2.16. The molecule has 0 radical (unpaired) electrons. The molecule has 20 heavy (non-hydrogen) atoms. The minimum Gasteiger partial charge on any atom is -0.339 e. The normalized spacial score (nSPS) is 14.0. The average Bonchev–Trinajstić information content (AvgIpc) is 2.46. The summed E-state index contributed by atoms with van der Waals surface area (Å²) in [5.74, 6) is -0.344. The molecule has 0 saturated heterocycles. The third-order valence-corrected chi connectivity index (χ3v) is 3.75. The fraction of sp³-hybridized carbons (Fsp3) is 0.235. The van der Waals surface area contributed by atoms with E-state index in [0.29, 0.717) is 17.5 Å². The molecular formula is C17H16FNO. The number of rotatable bonds is 2. The van der Waals surface area contributed by atoms with Gasteiger partial charge in [-0.15, -0.1) is 0 Å². The topological polar surface area (TPSA) is 20.3 Å². The van der Waals surface area contributed by atoms with Gasteiger partial charge in [0.1, 0.15) is 12.1 Å². The van der Waals surface area contributed by atoms with Crippen molar-refractivity contribution < 1.29 is 9.18 Å². The molecule has 0 N–H and O–H groups in total. The Bertz CT molecular complexity index is 666.